The van der Waals surface area contributed by atoms with E-state index in [1.807, 2.05) is 13.0 Å². The molecule has 0 aliphatic carbocycles. The van der Waals surface area contributed by atoms with Crippen LogP contribution in [-0.4, -0.2) is 30.9 Å². The minimum Gasteiger partial charge on any atom is -0.472 e. The Labute approximate surface area is 90.3 Å². The largest absolute Gasteiger partial charge is 0.472 e. The van der Waals surface area contributed by atoms with Crippen molar-refractivity contribution in [1.82, 2.24) is 10.2 Å². The third kappa shape index (κ3) is 4.16. The molecule has 0 radical (unpaired) electrons. The summed E-state index contributed by atoms with van der Waals surface area (Å²) in [4.78, 5) is 13.0. The van der Waals surface area contributed by atoms with E-state index in [0.29, 0.717) is 6.42 Å². The molecule has 1 unspecified atom stereocenters. The van der Waals surface area contributed by atoms with E-state index in [-0.39, 0.29) is 11.9 Å². The highest BCUT2D eigenvalue weighted by molar-refractivity contribution is 5.76. The SMILES string of the molecule is CC(CC(=O)N(C)C)NCc1ccoc1. The van der Waals surface area contributed by atoms with Gasteiger partial charge in [-0.2, -0.15) is 0 Å². The lowest BCUT2D eigenvalue weighted by Crippen LogP contribution is -2.32. The summed E-state index contributed by atoms with van der Waals surface area (Å²) in [6.07, 6.45) is 3.87. The van der Waals surface area contributed by atoms with Gasteiger partial charge in [-0.25, -0.2) is 0 Å². The molecule has 1 N–H and O–H groups in total. The summed E-state index contributed by atoms with van der Waals surface area (Å²) < 4.78 is 4.95. The van der Waals surface area contributed by atoms with Crippen molar-refractivity contribution in [2.45, 2.75) is 25.9 Å². The standard InChI is InChI=1S/C11H18N2O2/c1-9(6-11(14)13(2)3)12-7-10-4-5-15-8-10/h4-5,8-9,12H,6-7H2,1-3H3. The first-order valence-electron chi connectivity index (χ1n) is 5.04. The van der Waals surface area contributed by atoms with Gasteiger partial charge in [0.2, 0.25) is 5.91 Å². The highest BCUT2D eigenvalue weighted by Gasteiger charge is 2.09. The molecule has 1 atom stereocenters. The number of rotatable bonds is 5. The Balaban J connectivity index is 2.24. The Kier molecular flexibility index (Phi) is 4.37. The number of hydrogen-bond donors (Lipinski definition) is 1. The number of carbonyl (C=O) groups excluding carboxylic acids is 1. The fourth-order valence-corrected chi connectivity index (χ4v) is 1.20. The van der Waals surface area contributed by atoms with Crippen molar-refractivity contribution < 1.29 is 9.21 Å². The number of nitrogens with one attached hydrogen (secondary N) is 1. The van der Waals surface area contributed by atoms with Crippen LogP contribution in [-0.2, 0) is 11.3 Å². The molecular formula is C11H18N2O2. The summed E-state index contributed by atoms with van der Waals surface area (Å²) in [7, 11) is 3.54. The molecule has 4 heteroatoms. The number of nitrogens with zero attached hydrogens (tertiary/aromatic N) is 1. The second kappa shape index (κ2) is 5.56. The van der Waals surface area contributed by atoms with Gasteiger partial charge in [0.25, 0.3) is 0 Å². The molecular weight excluding hydrogens is 192 g/mol. The molecule has 4 nitrogen and oxygen atoms in total. The van der Waals surface area contributed by atoms with E-state index in [0.717, 1.165) is 12.1 Å². The van der Waals surface area contributed by atoms with Gasteiger partial charge in [-0.05, 0) is 13.0 Å². The normalized spacial score (nSPS) is 12.5. The van der Waals surface area contributed by atoms with Gasteiger partial charge in [0.15, 0.2) is 0 Å². The summed E-state index contributed by atoms with van der Waals surface area (Å²) >= 11 is 0. The summed E-state index contributed by atoms with van der Waals surface area (Å²) in [6.45, 7) is 2.74. The van der Waals surface area contributed by atoms with Crippen molar-refractivity contribution in [3.8, 4) is 0 Å². The van der Waals surface area contributed by atoms with Crippen LogP contribution in [0.5, 0.6) is 0 Å². The van der Waals surface area contributed by atoms with Crippen molar-refractivity contribution in [3.63, 3.8) is 0 Å². The van der Waals surface area contributed by atoms with E-state index in [2.05, 4.69) is 5.32 Å². The highest BCUT2D eigenvalue weighted by atomic mass is 16.3. The smallest absolute Gasteiger partial charge is 0.223 e. The van der Waals surface area contributed by atoms with Crippen molar-refractivity contribution in [3.05, 3.63) is 24.2 Å². The fraction of sp³-hybridized carbons (Fsp3) is 0.545. The Morgan fingerprint density at radius 3 is 2.87 bits per heavy atom. The quantitative estimate of drug-likeness (QED) is 0.795. The predicted molar refractivity (Wildman–Crippen MR) is 58.3 cm³/mol. The molecule has 0 bridgehead atoms. The van der Waals surface area contributed by atoms with E-state index < -0.39 is 0 Å². The molecule has 0 aliphatic rings. The molecule has 0 saturated heterocycles. The fourth-order valence-electron chi connectivity index (χ4n) is 1.20. The minimum absolute atomic E-state index is 0.141. The topological polar surface area (TPSA) is 45.5 Å². The van der Waals surface area contributed by atoms with Crippen molar-refractivity contribution >= 4 is 5.91 Å². The van der Waals surface area contributed by atoms with Crippen LogP contribution in [0.4, 0.5) is 0 Å². The zero-order chi connectivity index (χ0) is 11.3. The molecule has 0 aromatic carbocycles. The maximum absolute atomic E-state index is 11.4. The Hall–Kier alpha value is -1.29. The Bertz CT molecular complexity index is 294. The van der Waals surface area contributed by atoms with E-state index >= 15 is 0 Å². The minimum atomic E-state index is 0.141. The third-order valence-electron chi connectivity index (χ3n) is 2.21. The van der Waals surface area contributed by atoms with Gasteiger partial charge < -0.3 is 14.6 Å². The first-order valence-corrected chi connectivity index (χ1v) is 5.04. The van der Waals surface area contributed by atoms with Crippen molar-refractivity contribution in [1.29, 1.82) is 0 Å². The van der Waals surface area contributed by atoms with E-state index in [1.165, 1.54) is 0 Å². The van der Waals surface area contributed by atoms with E-state index in [9.17, 15) is 4.79 Å². The van der Waals surface area contributed by atoms with Crippen LogP contribution in [0.1, 0.15) is 18.9 Å². The highest BCUT2D eigenvalue weighted by Crippen LogP contribution is 2.01. The number of hydrogen-bond acceptors (Lipinski definition) is 3. The predicted octanol–water partition coefficient (Wildman–Crippen LogP) is 1.24. The summed E-state index contributed by atoms with van der Waals surface area (Å²) in [5.74, 6) is 0.141. The van der Waals surface area contributed by atoms with Gasteiger partial charge >= 0.3 is 0 Å². The van der Waals surface area contributed by atoms with Crippen LogP contribution < -0.4 is 5.32 Å². The maximum Gasteiger partial charge on any atom is 0.223 e. The third-order valence-corrected chi connectivity index (χ3v) is 2.21. The molecule has 0 fully saturated rings. The lowest BCUT2D eigenvalue weighted by Gasteiger charge is -2.16. The molecule has 1 aromatic heterocycles. The van der Waals surface area contributed by atoms with Crippen LogP contribution in [0.25, 0.3) is 0 Å². The van der Waals surface area contributed by atoms with Gasteiger partial charge in [-0.1, -0.05) is 0 Å². The number of carbonyl (C=O) groups is 1. The second-order valence-electron chi connectivity index (χ2n) is 3.91. The average Bonchev–Trinajstić information content (AvgIpc) is 2.66. The average molecular weight is 210 g/mol. The van der Waals surface area contributed by atoms with Gasteiger partial charge in [-0.3, -0.25) is 4.79 Å². The van der Waals surface area contributed by atoms with Gasteiger partial charge in [0.1, 0.15) is 0 Å². The van der Waals surface area contributed by atoms with Crippen LogP contribution in [0.15, 0.2) is 23.0 Å². The molecule has 0 spiro atoms. The lowest BCUT2D eigenvalue weighted by atomic mass is 10.2. The molecule has 84 valence electrons. The summed E-state index contributed by atoms with van der Waals surface area (Å²) in [5, 5.41) is 3.26. The lowest BCUT2D eigenvalue weighted by molar-refractivity contribution is -0.129. The maximum atomic E-state index is 11.4. The van der Waals surface area contributed by atoms with Crippen LogP contribution in [0, 0.1) is 0 Å². The van der Waals surface area contributed by atoms with Gasteiger partial charge in [-0.15, -0.1) is 0 Å². The molecule has 1 rings (SSSR count). The second-order valence-corrected chi connectivity index (χ2v) is 3.91. The van der Waals surface area contributed by atoms with Crippen LogP contribution >= 0.6 is 0 Å². The van der Waals surface area contributed by atoms with E-state index in [1.54, 1.807) is 31.5 Å². The zero-order valence-corrected chi connectivity index (χ0v) is 9.49. The first-order chi connectivity index (χ1) is 7.09. The summed E-state index contributed by atoms with van der Waals surface area (Å²) in [5.41, 5.74) is 1.10. The molecule has 0 aliphatic heterocycles. The Morgan fingerprint density at radius 1 is 1.60 bits per heavy atom. The zero-order valence-electron chi connectivity index (χ0n) is 9.49. The summed E-state index contributed by atoms with van der Waals surface area (Å²) in [6, 6.07) is 2.09. The van der Waals surface area contributed by atoms with Crippen molar-refractivity contribution in [2.75, 3.05) is 14.1 Å². The number of furan rings is 1. The first kappa shape index (κ1) is 11.8. The van der Waals surface area contributed by atoms with E-state index in [4.69, 9.17) is 4.42 Å². The molecule has 1 heterocycles. The molecule has 0 saturated carbocycles. The van der Waals surface area contributed by atoms with Crippen LogP contribution in [0.2, 0.25) is 0 Å². The molecule has 15 heavy (non-hydrogen) atoms. The van der Waals surface area contributed by atoms with Gasteiger partial charge in [0, 0.05) is 38.7 Å². The van der Waals surface area contributed by atoms with Gasteiger partial charge in [0.05, 0.1) is 12.5 Å². The Morgan fingerprint density at radius 2 is 2.33 bits per heavy atom. The number of amides is 1. The van der Waals surface area contributed by atoms with Crippen LogP contribution in [0.3, 0.4) is 0 Å². The monoisotopic (exact) mass is 210 g/mol. The molecule has 1 aromatic rings. The molecule has 1 amide bonds. The van der Waals surface area contributed by atoms with Crippen molar-refractivity contribution in [2.24, 2.45) is 0 Å².